The van der Waals surface area contributed by atoms with E-state index in [0.29, 0.717) is 11.4 Å². The lowest BCUT2D eigenvalue weighted by atomic mass is 10.2. The monoisotopic (exact) mass is 277 g/mol. The molecule has 2 aromatic carbocycles. The summed E-state index contributed by atoms with van der Waals surface area (Å²) in [5, 5.41) is 3.01. The Morgan fingerprint density at radius 1 is 1.00 bits per heavy atom. The number of hydrogen-bond acceptors (Lipinski definition) is 2. The number of hydrogen-bond donors (Lipinski definition) is 1. The molecule has 0 saturated heterocycles. The molecule has 2 aromatic rings. The zero-order chi connectivity index (χ0) is 14.5. The first-order chi connectivity index (χ1) is 9.58. The molecule has 1 N–H and O–H groups in total. The average Bonchev–Trinajstić information content (AvgIpc) is 2.39. The first kappa shape index (κ1) is 14.3. The lowest BCUT2D eigenvalue weighted by Gasteiger charge is -2.15. The Morgan fingerprint density at radius 3 is 2.30 bits per heavy atom. The number of benzene rings is 2. The van der Waals surface area contributed by atoms with Crippen LogP contribution in [0.5, 0.6) is 5.75 Å². The average molecular weight is 277 g/mol. The van der Waals surface area contributed by atoms with Gasteiger partial charge in [0.25, 0.3) is 0 Å². The van der Waals surface area contributed by atoms with Crippen molar-refractivity contribution in [2.75, 3.05) is 5.32 Å². The van der Waals surface area contributed by atoms with Crippen LogP contribution in [0.3, 0.4) is 0 Å². The Hall–Kier alpha value is -2.10. The van der Waals surface area contributed by atoms with Crippen LogP contribution in [0.25, 0.3) is 0 Å². The molecule has 0 aromatic heterocycles. The molecule has 4 heteroatoms. The van der Waals surface area contributed by atoms with E-state index < -0.39 is 11.6 Å². The SMILES string of the molecule is CC(C)Oc1ccccc1NCc1c(F)cccc1F. The van der Waals surface area contributed by atoms with Gasteiger partial charge in [-0.1, -0.05) is 18.2 Å². The van der Waals surface area contributed by atoms with Crippen molar-refractivity contribution >= 4 is 5.69 Å². The molecule has 2 rings (SSSR count). The van der Waals surface area contributed by atoms with Crippen LogP contribution >= 0.6 is 0 Å². The third kappa shape index (κ3) is 3.47. The molecule has 0 aliphatic carbocycles. The number of para-hydroxylation sites is 2. The summed E-state index contributed by atoms with van der Waals surface area (Å²) in [6.07, 6.45) is 0.0307. The summed E-state index contributed by atoms with van der Waals surface area (Å²) >= 11 is 0. The van der Waals surface area contributed by atoms with E-state index in [1.165, 1.54) is 18.2 Å². The standard InChI is InChI=1S/C16H17F2NO/c1-11(2)20-16-9-4-3-8-15(16)19-10-12-13(17)6-5-7-14(12)18/h3-9,11,19H,10H2,1-2H3. The Morgan fingerprint density at radius 2 is 1.65 bits per heavy atom. The maximum atomic E-state index is 13.6. The van der Waals surface area contributed by atoms with Crippen molar-refractivity contribution in [1.82, 2.24) is 0 Å². The highest BCUT2D eigenvalue weighted by atomic mass is 19.1. The van der Waals surface area contributed by atoms with Gasteiger partial charge in [0.15, 0.2) is 0 Å². The maximum Gasteiger partial charge on any atom is 0.142 e. The van der Waals surface area contributed by atoms with Crippen LogP contribution in [0.1, 0.15) is 19.4 Å². The largest absolute Gasteiger partial charge is 0.489 e. The van der Waals surface area contributed by atoms with Crippen molar-refractivity contribution in [2.24, 2.45) is 0 Å². The maximum absolute atomic E-state index is 13.6. The van der Waals surface area contributed by atoms with Gasteiger partial charge < -0.3 is 10.1 Å². The molecule has 0 amide bonds. The summed E-state index contributed by atoms with van der Waals surface area (Å²) in [4.78, 5) is 0. The van der Waals surface area contributed by atoms with E-state index in [9.17, 15) is 8.78 Å². The smallest absolute Gasteiger partial charge is 0.142 e. The fourth-order valence-electron chi connectivity index (χ4n) is 1.85. The van der Waals surface area contributed by atoms with E-state index in [-0.39, 0.29) is 18.2 Å². The normalized spacial score (nSPS) is 10.7. The van der Waals surface area contributed by atoms with E-state index in [1.54, 1.807) is 0 Å². The quantitative estimate of drug-likeness (QED) is 0.876. The van der Waals surface area contributed by atoms with E-state index in [1.807, 2.05) is 38.1 Å². The van der Waals surface area contributed by atoms with Gasteiger partial charge in [-0.15, -0.1) is 0 Å². The zero-order valence-electron chi connectivity index (χ0n) is 11.5. The Kier molecular flexibility index (Phi) is 4.56. The fraction of sp³-hybridized carbons (Fsp3) is 0.250. The molecule has 106 valence electrons. The van der Waals surface area contributed by atoms with Crippen LogP contribution in [-0.2, 0) is 6.54 Å². The first-order valence-corrected chi connectivity index (χ1v) is 6.50. The minimum atomic E-state index is -0.556. The van der Waals surface area contributed by atoms with Gasteiger partial charge in [-0.3, -0.25) is 0 Å². The summed E-state index contributed by atoms with van der Waals surface area (Å²) in [7, 11) is 0. The van der Waals surface area contributed by atoms with E-state index in [0.717, 1.165) is 0 Å². The predicted molar refractivity (Wildman–Crippen MR) is 75.9 cm³/mol. The Balaban J connectivity index is 2.15. The second-order valence-corrected chi connectivity index (χ2v) is 4.72. The Labute approximate surface area is 117 Å². The topological polar surface area (TPSA) is 21.3 Å². The van der Waals surface area contributed by atoms with Crippen LogP contribution in [0.15, 0.2) is 42.5 Å². The lowest BCUT2D eigenvalue weighted by Crippen LogP contribution is -2.09. The summed E-state index contributed by atoms with van der Waals surface area (Å²) in [6, 6.07) is 11.2. The van der Waals surface area contributed by atoms with Crippen molar-refractivity contribution in [3.05, 3.63) is 59.7 Å². The van der Waals surface area contributed by atoms with Gasteiger partial charge in [-0.25, -0.2) is 8.78 Å². The van der Waals surface area contributed by atoms with E-state index in [2.05, 4.69) is 5.32 Å². The highest BCUT2D eigenvalue weighted by Gasteiger charge is 2.10. The molecule has 0 atom stereocenters. The molecular weight excluding hydrogens is 260 g/mol. The molecule has 0 spiro atoms. The van der Waals surface area contributed by atoms with Gasteiger partial charge in [0, 0.05) is 12.1 Å². The van der Waals surface area contributed by atoms with E-state index in [4.69, 9.17) is 4.74 Å². The second kappa shape index (κ2) is 6.37. The predicted octanol–water partition coefficient (Wildman–Crippen LogP) is 4.36. The number of halogens is 2. The first-order valence-electron chi connectivity index (χ1n) is 6.50. The summed E-state index contributed by atoms with van der Waals surface area (Å²) in [5.74, 6) is -0.446. The van der Waals surface area contributed by atoms with Crippen molar-refractivity contribution in [2.45, 2.75) is 26.5 Å². The minimum Gasteiger partial charge on any atom is -0.489 e. The zero-order valence-corrected chi connectivity index (χ0v) is 11.5. The third-order valence-electron chi connectivity index (χ3n) is 2.77. The van der Waals surface area contributed by atoms with Gasteiger partial charge in [-0.2, -0.15) is 0 Å². The molecule has 2 nitrogen and oxygen atoms in total. The van der Waals surface area contributed by atoms with Crippen LogP contribution in [0, 0.1) is 11.6 Å². The number of nitrogens with one attached hydrogen (secondary N) is 1. The fourth-order valence-corrected chi connectivity index (χ4v) is 1.85. The minimum absolute atomic E-state index is 0.0202. The van der Waals surface area contributed by atoms with Crippen LogP contribution in [0.4, 0.5) is 14.5 Å². The van der Waals surface area contributed by atoms with E-state index >= 15 is 0 Å². The molecule has 0 aliphatic heterocycles. The van der Waals surface area contributed by atoms with Gasteiger partial charge in [0.1, 0.15) is 17.4 Å². The molecule has 0 unspecified atom stereocenters. The molecule has 0 fully saturated rings. The van der Waals surface area contributed by atoms with Crippen molar-refractivity contribution < 1.29 is 13.5 Å². The van der Waals surface area contributed by atoms with Gasteiger partial charge in [-0.05, 0) is 38.1 Å². The number of anilines is 1. The van der Waals surface area contributed by atoms with Crippen LogP contribution in [-0.4, -0.2) is 6.10 Å². The van der Waals surface area contributed by atoms with Crippen molar-refractivity contribution in [1.29, 1.82) is 0 Å². The number of rotatable bonds is 5. The molecule has 0 bridgehead atoms. The van der Waals surface area contributed by atoms with Gasteiger partial charge in [0.2, 0.25) is 0 Å². The summed E-state index contributed by atoms with van der Waals surface area (Å²) in [6.45, 7) is 3.91. The Bertz CT molecular complexity index is 564. The van der Waals surface area contributed by atoms with Crippen molar-refractivity contribution in [3.63, 3.8) is 0 Å². The highest BCUT2D eigenvalue weighted by molar-refractivity contribution is 5.56. The molecule has 0 saturated carbocycles. The van der Waals surface area contributed by atoms with Crippen LogP contribution < -0.4 is 10.1 Å². The molecule has 0 aliphatic rings. The molecule has 0 heterocycles. The third-order valence-corrected chi connectivity index (χ3v) is 2.77. The summed E-state index contributed by atoms with van der Waals surface area (Å²) in [5.41, 5.74) is 0.732. The summed E-state index contributed by atoms with van der Waals surface area (Å²) < 4.78 is 32.7. The van der Waals surface area contributed by atoms with Gasteiger partial charge in [0.05, 0.1) is 11.8 Å². The lowest BCUT2D eigenvalue weighted by molar-refractivity contribution is 0.243. The van der Waals surface area contributed by atoms with Crippen LogP contribution in [0.2, 0.25) is 0 Å². The number of ether oxygens (including phenoxy) is 1. The molecule has 0 radical (unpaired) electrons. The van der Waals surface area contributed by atoms with Crippen molar-refractivity contribution in [3.8, 4) is 5.75 Å². The second-order valence-electron chi connectivity index (χ2n) is 4.72. The van der Waals surface area contributed by atoms with Gasteiger partial charge >= 0.3 is 0 Å². The highest BCUT2D eigenvalue weighted by Crippen LogP contribution is 2.26. The molecule has 20 heavy (non-hydrogen) atoms. The molecular formula is C16H17F2NO.